The second-order valence-corrected chi connectivity index (χ2v) is 12.0. The smallest absolute Gasteiger partial charge is 0.407 e. The molecule has 3 aliphatic rings. The van der Waals surface area contributed by atoms with E-state index in [1.54, 1.807) is 4.90 Å². The normalized spacial score (nSPS) is 19.2. The molecule has 2 N–H and O–H groups in total. The van der Waals surface area contributed by atoms with Gasteiger partial charge in [-0.15, -0.1) is 0 Å². The lowest BCUT2D eigenvalue weighted by molar-refractivity contribution is -0.146. The van der Waals surface area contributed by atoms with Gasteiger partial charge in [-0.25, -0.2) is 4.79 Å². The third-order valence-electron chi connectivity index (χ3n) is 9.33. The lowest BCUT2D eigenvalue weighted by atomic mass is 9.63. The zero-order valence-electron chi connectivity index (χ0n) is 23.9. The van der Waals surface area contributed by atoms with Crippen LogP contribution in [0.15, 0.2) is 78.9 Å². The molecule has 218 valence electrons. The Labute approximate surface area is 246 Å². The Morgan fingerprint density at radius 2 is 1.60 bits per heavy atom. The first-order chi connectivity index (χ1) is 20.3. The monoisotopic (exact) mass is 567 g/mol. The lowest BCUT2D eigenvalue weighted by Gasteiger charge is -2.41. The maximum absolute atomic E-state index is 13.9. The minimum absolute atomic E-state index is 0.0913. The molecule has 2 amide bonds. The van der Waals surface area contributed by atoms with Crippen LogP contribution in [0.25, 0.3) is 11.1 Å². The molecule has 1 aliphatic heterocycles. The average molecular weight is 568 g/mol. The Hall–Kier alpha value is -4.17. The number of aliphatic carboxylic acids is 1. The fourth-order valence-corrected chi connectivity index (χ4v) is 7.07. The number of alkyl carbamates (subject to hydrolysis) is 1. The Morgan fingerprint density at radius 3 is 2.17 bits per heavy atom. The summed E-state index contributed by atoms with van der Waals surface area (Å²) in [6.07, 6.45) is 1.95. The van der Waals surface area contributed by atoms with E-state index in [1.165, 1.54) is 0 Å². The number of nitrogens with one attached hydrogen (secondary N) is 1. The van der Waals surface area contributed by atoms with Gasteiger partial charge in [-0.1, -0.05) is 85.3 Å². The van der Waals surface area contributed by atoms with Crippen molar-refractivity contribution in [1.82, 2.24) is 15.1 Å². The van der Waals surface area contributed by atoms with Crippen molar-refractivity contribution >= 4 is 18.0 Å². The van der Waals surface area contributed by atoms with E-state index in [9.17, 15) is 19.5 Å². The first kappa shape index (κ1) is 28.0. The van der Waals surface area contributed by atoms with Crippen LogP contribution < -0.4 is 5.32 Å². The molecule has 0 aromatic heterocycles. The van der Waals surface area contributed by atoms with E-state index >= 15 is 0 Å². The summed E-state index contributed by atoms with van der Waals surface area (Å²) in [5.74, 6) is -1.79. The van der Waals surface area contributed by atoms with Gasteiger partial charge < -0.3 is 20.1 Å². The van der Waals surface area contributed by atoms with Crippen LogP contribution in [-0.2, 0) is 20.9 Å². The maximum atomic E-state index is 13.9. The molecular weight excluding hydrogens is 530 g/mol. The number of hydrogen-bond acceptors (Lipinski definition) is 5. The maximum Gasteiger partial charge on any atom is 0.407 e. The number of carboxylic acid groups (broad SMARTS) is 1. The fraction of sp³-hybridized carbons (Fsp3) is 0.382. The highest BCUT2D eigenvalue weighted by atomic mass is 16.5. The second-order valence-electron chi connectivity index (χ2n) is 12.0. The van der Waals surface area contributed by atoms with E-state index < -0.39 is 24.0 Å². The van der Waals surface area contributed by atoms with Crippen molar-refractivity contribution in [1.29, 1.82) is 0 Å². The molecule has 2 atom stereocenters. The van der Waals surface area contributed by atoms with Gasteiger partial charge >= 0.3 is 12.1 Å². The minimum atomic E-state index is -0.876. The summed E-state index contributed by atoms with van der Waals surface area (Å²) in [5, 5.41) is 12.7. The number of carbonyl (C=O) groups is 3. The molecule has 3 aromatic rings. The van der Waals surface area contributed by atoms with Crippen LogP contribution in [0.5, 0.6) is 0 Å². The quantitative estimate of drug-likeness (QED) is 0.388. The molecule has 0 radical (unpaired) electrons. The SMILES string of the molecule is CN(Cc1ccccc1)CC(NC(=O)OCC1c2ccccc2-c2ccccc21)C(=O)N1CC(C(=O)O)C2(CCC2)C1. The van der Waals surface area contributed by atoms with Crippen molar-refractivity contribution in [2.75, 3.05) is 33.3 Å². The lowest BCUT2D eigenvalue weighted by Crippen LogP contribution is -2.53. The van der Waals surface area contributed by atoms with E-state index in [1.807, 2.05) is 66.5 Å². The van der Waals surface area contributed by atoms with Crippen molar-refractivity contribution in [2.24, 2.45) is 11.3 Å². The summed E-state index contributed by atoms with van der Waals surface area (Å²) in [6, 6.07) is 25.3. The molecule has 1 spiro atoms. The van der Waals surface area contributed by atoms with Crippen LogP contribution in [-0.4, -0.2) is 72.2 Å². The zero-order chi connectivity index (χ0) is 29.3. The summed E-state index contributed by atoms with van der Waals surface area (Å²) in [5.41, 5.74) is 5.25. The third kappa shape index (κ3) is 5.39. The number of carboxylic acids is 1. The molecule has 1 heterocycles. The van der Waals surface area contributed by atoms with Crippen LogP contribution in [0, 0.1) is 11.3 Å². The molecule has 2 unspecified atom stereocenters. The van der Waals surface area contributed by atoms with Crippen LogP contribution >= 0.6 is 0 Å². The van der Waals surface area contributed by atoms with Crippen molar-refractivity contribution in [2.45, 2.75) is 37.8 Å². The Morgan fingerprint density at radius 1 is 0.976 bits per heavy atom. The average Bonchev–Trinajstić information content (AvgIpc) is 3.54. The van der Waals surface area contributed by atoms with Crippen molar-refractivity contribution in [3.05, 3.63) is 95.6 Å². The first-order valence-electron chi connectivity index (χ1n) is 14.7. The molecule has 0 bridgehead atoms. The first-order valence-corrected chi connectivity index (χ1v) is 14.7. The van der Waals surface area contributed by atoms with Gasteiger partial charge in [-0.2, -0.15) is 0 Å². The highest BCUT2D eigenvalue weighted by molar-refractivity contribution is 5.87. The van der Waals surface area contributed by atoms with Gasteiger partial charge in [0, 0.05) is 37.5 Å². The Bertz CT molecular complexity index is 1430. The zero-order valence-corrected chi connectivity index (χ0v) is 23.9. The van der Waals surface area contributed by atoms with E-state index in [4.69, 9.17) is 4.74 Å². The summed E-state index contributed by atoms with van der Waals surface area (Å²) >= 11 is 0. The van der Waals surface area contributed by atoms with Gasteiger partial charge in [0.25, 0.3) is 0 Å². The summed E-state index contributed by atoms with van der Waals surface area (Å²) in [7, 11) is 1.91. The van der Waals surface area contributed by atoms with Gasteiger partial charge in [0.1, 0.15) is 12.6 Å². The predicted octanol–water partition coefficient (Wildman–Crippen LogP) is 4.74. The molecular formula is C34H37N3O5. The van der Waals surface area contributed by atoms with Crippen molar-refractivity contribution in [3.63, 3.8) is 0 Å². The Balaban J connectivity index is 1.16. The molecule has 42 heavy (non-hydrogen) atoms. The number of ether oxygens (including phenoxy) is 1. The summed E-state index contributed by atoms with van der Waals surface area (Å²) < 4.78 is 5.78. The number of benzene rings is 3. The summed E-state index contributed by atoms with van der Waals surface area (Å²) in [6.45, 7) is 1.58. The number of nitrogens with zero attached hydrogens (tertiary/aromatic N) is 2. The number of amides is 2. The molecule has 8 heteroatoms. The van der Waals surface area contributed by atoms with Gasteiger partial charge in [-0.05, 0) is 47.7 Å². The number of likely N-dealkylation sites (N-methyl/N-ethyl adjacent to an activating group) is 1. The van der Waals surface area contributed by atoms with E-state index in [2.05, 4.69) is 29.6 Å². The van der Waals surface area contributed by atoms with Crippen molar-refractivity contribution in [3.8, 4) is 11.1 Å². The van der Waals surface area contributed by atoms with Gasteiger partial charge in [0.05, 0.1) is 5.92 Å². The van der Waals surface area contributed by atoms with E-state index in [-0.39, 0.29) is 36.9 Å². The predicted molar refractivity (Wildman–Crippen MR) is 159 cm³/mol. The van der Waals surface area contributed by atoms with Gasteiger partial charge in [0.15, 0.2) is 0 Å². The van der Waals surface area contributed by atoms with Gasteiger partial charge in [-0.3, -0.25) is 14.5 Å². The van der Waals surface area contributed by atoms with E-state index in [0.29, 0.717) is 13.1 Å². The molecule has 1 saturated carbocycles. The molecule has 1 saturated heterocycles. The summed E-state index contributed by atoms with van der Waals surface area (Å²) in [4.78, 5) is 42.8. The minimum Gasteiger partial charge on any atom is -0.481 e. The molecule has 3 aromatic carbocycles. The number of rotatable bonds is 9. The number of likely N-dealkylation sites (tertiary alicyclic amines) is 1. The molecule has 2 aliphatic carbocycles. The van der Waals surface area contributed by atoms with Gasteiger partial charge in [0.2, 0.25) is 5.91 Å². The van der Waals surface area contributed by atoms with Crippen molar-refractivity contribution < 1.29 is 24.2 Å². The molecule has 6 rings (SSSR count). The number of hydrogen-bond donors (Lipinski definition) is 2. The largest absolute Gasteiger partial charge is 0.481 e. The molecule has 2 fully saturated rings. The number of carbonyl (C=O) groups excluding carboxylic acids is 2. The fourth-order valence-electron chi connectivity index (χ4n) is 7.07. The number of fused-ring (bicyclic) bond motifs is 3. The van der Waals surface area contributed by atoms with Crippen LogP contribution in [0.4, 0.5) is 4.79 Å². The topological polar surface area (TPSA) is 99.2 Å². The van der Waals surface area contributed by atoms with Crippen LogP contribution in [0.3, 0.4) is 0 Å². The standard InChI is InChI=1S/C34H37N3O5/c1-36(18-23-10-3-2-4-11-23)20-30(31(38)37-19-29(32(39)40)34(22-37)16-9-17-34)35-33(41)42-21-28-26-14-7-5-12-24(26)25-13-6-8-15-27(25)28/h2-8,10-15,28-30H,9,16-22H2,1H3,(H,35,41)(H,39,40). The van der Waals surface area contributed by atoms with Crippen LogP contribution in [0.1, 0.15) is 41.9 Å². The second kappa shape index (κ2) is 11.6. The highest BCUT2D eigenvalue weighted by Gasteiger charge is 2.55. The van der Waals surface area contributed by atoms with E-state index in [0.717, 1.165) is 47.1 Å². The van der Waals surface area contributed by atoms with Crippen LogP contribution in [0.2, 0.25) is 0 Å². The molecule has 8 nitrogen and oxygen atoms in total. The third-order valence-corrected chi connectivity index (χ3v) is 9.33. The highest BCUT2D eigenvalue weighted by Crippen LogP contribution is 2.52. The Kier molecular flexibility index (Phi) is 7.73.